The minimum Gasteiger partial charge on any atom is -0.368 e. The van der Waals surface area contributed by atoms with E-state index in [1.165, 1.54) is 11.9 Å². The minimum atomic E-state index is -0.552. The predicted octanol–water partition coefficient (Wildman–Crippen LogP) is 1.74. The van der Waals surface area contributed by atoms with Crippen LogP contribution in [0.4, 0.5) is 0 Å². The van der Waals surface area contributed by atoms with Crippen molar-refractivity contribution < 1.29 is 14.3 Å². The Morgan fingerprint density at radius 1 is 1.00 bits per heavy atom. The van der Waals surface area contributed by atoms with Crippen molar-refractivity contribution in [2.45, 2.75) is 6.10 Å². The summed E-state index contributed by atoms with van der Waals surface area (Å²) in [6, 6.07) is 19.4. The number of primary amides is 1. The number of rotatable bonds is 7. The van der Waals surface area contributed by atoms with Crippen molar-refractivity contribution in [1.82, 2.24) is 4.90 Å². The normalized spacial score (nSPS) is 10.5. The summed E-state index contributed by atoms with van der Waals surface area (Å²) in [5.74, 6) is -0.843. The molecule has 120 valence electrons. The largest absolute Gasteiger partial charge is 0.368 e. The lowest BCUT2D eigenvalue weighted by molar-refractivity contribution is -0.139. The van der Waals surface area contributed by atoms with E-state index in [2.05, 4.69) is 0 Å². The summed E-state index contributed by atoms with van der Waals surface area (Å²) in [5.41, 5.74) is 7.02. The summed E-state index contributed by atoms with van der Waals surface area (Å²) in [4.78, 5) is 24.2. The molecule has 2 aromatic rings. The highest BCUT2D eigenvalue weighted by molar-refractivity contribution is 5.84. The molecule has 0 saturated carbocycles. The van der Waals surface area contributed by atoms with Crippen molar-refractivity contribution in [3.8, 4) is 0 Å². The standard InChI is InChI=1S/C18H20N2O3/c1-20(12-16(19)21)17(22)13-23-18(14-8-4-2-5-9-14)15-10-6-3-7-11-15/h2-11,18H,12-13H2,1H3,(H2,19,21). The highest BCUT2D eigenvalue weighted by atomic mass is 16.5. The van der Waals surface area contributed by atoms with E-state index < -0.39 is 5.91 Å². The zero-order valence-corrected chi connectivity index (χ0v) is 13.0. The van der Waals surface area contributed by atoms with Crippen LogP contribution in [0.15, 0.2) is 60.7 Å². The zero-order chi connectivity index (χ0) is 16.7. The highest BCUT2D eigenvalue weighted by Crippen LogP contribution is 2.25. The number of carbonyl (C=O) groups is 2. The molecular weight excluding hydrogens is 292 g/mol. The van der Waals surface area contributed by atoms with Crippen LogP contribution in [-0.2, 0) is 14.3 Å². The Labute approximate surface area is 135 Å². The molecule has 2 rings (SSSR count). The molecule has 23 heavy (non-hydrogen) atoms. The van der Waals surface area contributed by atoms with E-state index in [4.69, 9.17) is 10.5 Å². The van der Waals surface area contributed by atoms with Crippen molar-refractivity contribution in [3.05, 3.63) is 71.8 Å². The van der Waals surface area contributed by atoms with Crippen LogP contribution in [0.3, 0.4) is 0 Å². The Kier molecular flexibility index (Phi) is 5.88. The molecule has 0 unspecified atom stereocenters. The van der Waals surface area contributed by atoms with E-state index in [0.29, 0.717) is 0 Å². The van der Waals surface area contributed by atoms with Gasteiger partial charge in [-0.25, -0.2) is 0 Å². The summed E-state index contributed by atoms with van der Waals surface area (Å²) in [5, 5.41) is 0. The fraction of sp³-hybridized carbons (Fsp3) is 0.222. The van der Waals surface area contributed by atoms with Gasteiger partial charge in [-0.15, -0.1) is 0 Å². The molecule has 5 heteroatoms. The number of benzene rings is 2. The lowest BCUT2D eigenvalue weighted by Crippen LogP contribution is -2.37. The van der Waals surface area contributed by atoms with Gasteiger partial charge in [0.05, 0.1) is 6.54 Å². The van der Waals surface area contributed by atoms with Crippen molar-refractivity contribution in [3.63, 3.8) is 0 Å². The van der Waals surface area contributed by atoms with Crippen LogP contribution in [0.5, 0.6) is 0 Å². The van der Waals surface area contributed by atoms with E-state index in [9.17, 15) is 9.59 Å². The molecule has 5 nitrogen and oxygen atoms in total. The summed E-state index contributed by atoms with van der Waals surface area (Å²) >= 11 is 0. The Morgan fingerprint density at radius 3 is 1.91 bits per heavy atom. The molecule has 0 atom stereocenters. The molecule has 0 aliphatic carbocycles. The first-order valence-corrected chi connectivity index (χ1v) is 7.31. The fourth-order valence-electron chi connectivity index (χ4n) is 2.23. The van der Waals surface area contributed by atoms with Gasteiger partial charge in [-0.05, 0) is 11.1 Å². The van der Waals surface area contributed by atoms with Gasteiger partial charge in [0.15, 0.2) is 0 Å². The average molecular weight is 312 g/mol. The van der Waals surface area contributed by atoms with Gasteiger partial charge in [0.2, 0.25) is 11.8 Å². The monoisotopic (exact) mass is 312 g/mol. The molecule has 2 amide bonds. The summed E-state index contributed by atoms with van der Waals surface area (Å²) in [6.07, 6.45) is -0.344. The van der Waals surface area contributed by atoms with Gasteiger partial charge < -0.3 is 15.4 Å². The van der Waals surface area contributed by atoms with Gasteiger partial charge >= 0.3 is 0 Å². The smallest absolute Gasteiger partial charge is 0.248 e. The lowest BCUT2D eigenvalue weighted by atomic mass is 10.0. The van der Waals surface area contributed by atoms with Crippen LogP contribution in [0.25, 0.3) is 0 Å². The number of carbonyl (C=O) groups excluding carboxylic acids is 2. The first kappa shape index (κ1) is 16.7. The number of likely N-dealkylation sites (N-methyl/N-ethyl adjacent to an activating group) is 1. The fourth-order valence-corrected chi connectivity index (χ4v) is 2.23. The predicted molar refractivity (Wildman–Crippen MR) is 87.5 cm³/mol. The van der Waals surface area contributed by atoms with Gasteiger partial charge in [0.25, 0.3) is 0 Å². The van der Waals surface area contributed by atoms with Crippen molar-refractivity contribution in [2.75, 3.05) is 20.2 Å². The molecule has 2 N–H and O–H groups in total. The number of hydrogen-bond donors (Lipinski definition) is 1. The highest BCUT2D eigenvalue weighted by Gasteiger charge is 2.18. The topological polar surface area (TPSA) is 72.6 Å². The number of nitrogens with two attached hydrogens (primary N) is 1. The van der Waals surface area contributed by atoms with E-state index in [1.807, 2.05) is 60.7 Å². The molecule has 0 spiro atoms. The first-order valence-electron chi connectivity index (χ1n) is 7.31. The van der Waals surface area contributed by atoms with Crippen LogP contribution in [0.2, 0.25) is 0 Å². The van der Waals surface area contributed by atoms with E-state index in [-0.39, 0.29) is 25.2 Å². The number of amides is 2. The van der Waals surface area contributed by atoms with Crippen LogP contribution in [0, 0.1) is 0 Å². The van der Waals surface area contributed by atoms with Gasteiger partial charge in [-0.1, -0.05) is 60.7 Å². The number of hydrogen-bond acceptors (Lipinski definition) is 3. The van der Waals surface area contributed by atoms with Gasteiger partial charge in [0, 0.05) is 7.05 Å². The Balaban J connectivity index is 2.10. The lowest BCUT2D eigenvalue weighted by Gasteiger charge is -2.21. The third-order valence-electron chi connectivity index (χ3n) is 3.40. The van der Waals surface area contributed by atoms with E-state index in [1.54, 1.807) is 0 Å². The second-order valence-corrected chi connectivity index (χ2v) is 5.23. The summed E-state index contributed by atoms with van der Waals surface area (Å²) < 4.78 is 5.84. The first-order chi connectivity index (χ1) is 11.1. The Bertz CT molecular complexity index is 604. The molecular formula is C18H20N2O3. The van der Waals surface area contributed by atoms with Gasteiger partial charge in [0.1, 0.15) is 12.7 Å². The molecule has 0 aromatic heterocycles. The third kappa shape index (κ3) is 4.93. The maximum Gasteiger partial charge on any atom is 0.248 e. The molecule has 0 bridgehead atoms. The minimum absolute atomic E-state index is 0.121. The van der Waals surface area contributed by atoms with Crippen molar-refractivity contribution in [2.24, 2.45) is 5.73 Å². The van der Waals surface area contributed by atoms with Crippen LogP contribution in [0.1, 0.15) is 17.2 Å². The van der Waals surface area contributed by atoms with E-state index in [0.717, 1.165) is 11.1 Å². The number of ether oxygens (including phenoxy) is 1. The van der Waals surface area contributed by atoms with Crippen LogP contribution < -0.4 is 5.73 Å². The third-order valence-corrected chi connectivity index (χ3v) is 3.40. The Morgan fingerprint density at radius 2 is 1.48 bits per heavy atom. The molecule has 0 heterocycles. The second kappa shape index (κ2) is 8.10. The van der Waals surface area contributed by atoms with Gasteiger partial charge in [-0.2, -0.15) is 0 Å². The number of nitrogens with zero attached hydrogens (tertiary/aromatic N) is 1. The maximum absolute atomic E-state index is 12.0. The molecule has 2 aromatic carbocycles. The molecule has 0 fully saturated rings. The van der Waals surface area contributed by atoms with E-state index >= 15 is 0 Å². The van der Waals surface area contributed by atoms with Gasteiger partial charge in [-0.3, -0.25) is 9.59 Å². The SMILES string of the molecule is CN(CC(N)=O)C(=O)COC(c1ccccc1)c1ccccc1. The van der Waals surface area contributed by atoms with Crippen LogP contribution in [-0.4, -0.2) is 36.9 Å². The van der Waals surface area contributed by atoms with Crippen molar-refractivity contribution >= 4 is 11.8 Å². The summed E-state index contributed by atoms with van der Waals surface area (Å²) in [7, 11) is 1.52. The van der Waals surface area contributed by atoms with Crippen LogP contribution >= 0.6 is 0 Å². The summed E-state index contributed by atoms with van der Waals surface area (Å²) in [6.45, 7) is -0.248. The average Bonchev–Trinajstić information content (AvgIpc) is 2.56. The molecule has 0 saturated heterocycles. The molecule has 0 aliphatic rings. The zero-order valence-electron chi connectivity index (χ0n) is 13.0. The maximum atomic E-state index is 12.0. The second-order valence-electron chi connectivity index (χ2n) is 5.23. The van der Waals surface area contributed by atoms with Crippen molar-refractivity contribution in [1.29, 1.82) is 0 Å². The Hall–Kier alpha value is -2.66. The molecule has 0 radical (unpaired) electrons. The quantitative estimate of drug-likeness (QED) is 0.846. The molecule has 0 aliphatic heterocycles.